The third-order valence-corrected chi connectivity index (χ3v) is 18.0. The lowest BCUT2D eigenvalue weighted by Crippen LogP contribution is -2.43. The molecule has 0 aromatic heterocycles. The Bertz CT molecular complexity index is 2830. The molecule has 4 amide bonds. The van der Waals surface area contributed by atoms with Crippen molar-refractivity contribution in [3.8, 4) is 11.5 Å². The van der Waals surface area contributed by atoms with Crippen LogP contribution in [0.2, 0.25) is 0 Å². The Morgan fingerprint density at radius 2 is 0.780 bits per heavy atom. The maximum Gasteiger partial charge on any atom is 0.319 e. The quantitative estimate of drug-likeness (QED) is 0.0254. The van der Waals surface area contributed by atoms with Crippen LogP contribution in [0.25, 0.3) is 0 Å². The number of nitrogens with zero attached hydrogens (tertiary/aromatic N) is 2. The fraction of sp³-hybridized carbons (Fsp3) is 0.467. The molecule has 6 N–H and O–H groups in total. The molecule has 4 atom stereocenters. The lowest BCUT2D eigenvalue weighted by Gasteiger charge is -2.35. The number of carbonyl (C=O) groups excluding carboxylic acids is 2. The molecule has 2 saturated heterocycles. The van der Waals surface area contributed by atoms with Crippen molar-refractivity contribution in [1.82, 2.24) is 29.9 Å². The Labute approximate surface area is 482 Å². The normalized spacial score (nSPS) is 19.2. The van der Waals surface area contributed by atoms with Gasteiger partial charge >= 0.3 is 12.1 Å². The zero-order valence-corrected chi connectivity index (χ0v) is 48.1. The van der Waals surface area contributed by atoms with E-state index in [-0.39, 0.29) is 113 Å². The van der Waals surface area contributed by atoms with E-state index in [1.165, 1.54) is 60.8 Å². The number of likely N-dealkylation sites (tertiary alicyclic amines) is 2. The lowest BCUT2D eigenvalue weighted by molar-refractivity contribution is 0.0517. The second-order valence-electron chi connectivity index (χ2n) is 20.7. The van der Waals surface area contributed by atoms with Gasteiger partial charge in [-0.05, 0) is 160 Å². The highest BCUT2D eigenvalue weighted by atomic mass is 32.2. The molecular weight excluding hydrogens is 1090 g/mol. The van der Waals surface area contributed by atoms with Crippen LogP contribution in [0.4, 0.5) is 21.0 Å². The summed E-state index contributed by atoms with van der Waals surface area (Å²) in [6, 6.07) is 36.2. The van der Waals surface area contributed by atoms with Crippen molar-refractivity contribution in [3.63, 3.8) is 0 Å². The van der Waals surface area contributed by atoms with E-state index in [4.69, 9.17) is 28.4 Å². The zero-order chi connectivity index (χ0) is 57.0. The smallest absolute Gasteiger partial charge is 0.319 e. The van der Waals surface area contributed by atoms with Crippen LogP contribution in [-0.2, 0) is 51.8 Å². The summed E-state index contributed by atoms with van der Waals surface area (Å²) in [5.74, 6) is 1.26. The first-order chi connectivity index (χ1) is 40.0. The van der Waals surface area contributed by atoms with Crippen LogP contribution in [0.5, 0.6) is 11.5 Å². The van der Waals surface area contributed by atoms with Crippen molar-refractivity contribution >= 4 is 43.5 Å². The summed E-state index contributed by atoms with van der Waals surface area (Å²) in [6.45, 7) is 6.70. The second-order valence-corrected chi connectivity index (χ2v) is 24.3. The van der Waals surface area contributed by atoms with Gasteiger partial charge in [0.25, 0.3) is 0 Å². The zero-order valence-electron chi connectivity index (χ0n) is 46.4. The Hall–Kier alpha value is -6.18. The van der Waals surface area contributed by atoms with E-state index in [1.54, 1.807) is 72.8 Å². The van der Waals surface area contributed by atoms with Crippen LogP contribution in [0.3, 0.4) is 0 Å². The van der Waals surface area contributed by atoms with Gasteiger partial charge in [0, 0.05) is 37.6 Å². The number of hydrogen-bond donors (Lipinski definition) is 6. The number of carbonyl (C=O) groups is 2. The molecule has 2 aliphatic heterocycles. The molecule has 1 unspecified atom stereocenters. The number of benzene rings is 5. The minimum absolute atomic E-state index is 0.0861. The maximum absolute atomic E-state index is 13.0. The van der Waals surface area contributed by atoms with E-state index in [2.05, 4.69) is 76.9 Å². The van der Waals surface area contributed by atoms with Gasteiger partial charge in [0.2, 0.25) is 20.0 Å². The fourth-order valence-electron chi connectivity index (χ4n) is 11.0. The largest absolute Gasteiger partial charge is 0.484 e. The van der Waals surface area contributed by atoms with E-state index in [9.17, 15) is 26.4 Å². The minimum Gasteiger partial charge on any atom is -0.484 e. The number of anilines is 2. The maximum atomic E-state index is 13.0. The van der Waals surface area contributed by atoms with E-state index >= 15 is 0 Å². The second kappa shape index (κ2) is 30.4. The first-order valence-corrected chi connectivity index (χ1v) is 31.6. The highest BCUT2D eigenvalue weighted by Gasteiger charge is 2.40. The molecule has 5 aromatic carbocycles. The molecule has 0 radical (unpaired) electrons. The Morgan fingerprint density at radius 1 is 0.427 bits per heavy atom. The molecule has 4 aliphatic rings. The summed E-state index contributed by atoms with van der Waals surface area (Å²) >= 11 is 0. The monoisotopic (exact) mass is 1170 g/mol. The molecule has 0 bridgehead atoms. The van der Waals surface area contributed by atoms with Crippen molar-refractivity contribution in [2.75, 3.05) is 116 Å². The van der Waals surface area contributed by atoms with Crippen LogP contribution in [-0.4, -0.2) is 156 Å². The van der Waals surface area contributed by atoms with Gasteiger partial charge in [-0.3, -0.25) is 9.80 Å². The topological polar surface area (TPSA) is 236 Å². The van der Waals surface area contributed by atoms with Crippen LogP contribution in [0.15, 0.2) is 131 Å². The van der Waals surface area contributed by atoms with Crippen LogP contribution in [0.1, 0.15) is 73.0 Å². The highest BCUT2D eigenvalue weighted by molar-refractivity contribution is 7.89. The predicted octanol–water partition coefficient (Wildman–Crippen LogP) is 7.01. The summed E-state index contributed by atoms with van der Waals surface area (Å²) in [7, 11) is -7.51. The number of ether oxygens (including phenoxy) is 6. The number of hydrogen-bond acceptors (Lipinski definition) is 14. The molecule has 442 valence electrons. The summed E-state index contributed by atoms with van der Waals surface area (Å²) < 4.78 is 92.4. The summed E-state index contributed by atoms with van der Waals surface area (Å²) in [5.41, 5.74) is 6.03. The molecular formula is C60H78N8O12S2. The number of fused-ring (bicyclic) bond motifs is 2. The van der Waals surface area contributed by atoms with Crippen LogP contribution < -0.4 is 40.2 Å². The van der Waals surface area contributed by atoms with Gasteiger partial charge in [-0.1, -0.05) is 61.4 Å². The molecule has 0 spiro atoms. The van der Waals surface area contributed by atoms with Gasteiger partial charge in [0.15, 0.2) is 0 Å². The molecule has 2 fully saturated rings. The first kappa shape index (κ1) is 60.4. The standard InChI is InChI=1S/C60H78N8O12S2/c69-59(61-27-35-75-39-41-77-37-29-63-81(71,72)51-23-19-49(20-24-51)79-57-53-13-5-3-11-45(53)43-55(57)67-31-7-1-8-32-67)65-47-15-17-48(18-16-47)66-60(70)62-28-36-76-40-42-78-38-30-64-82(73,74)52-25-21-50(22-26-52)80-58-54-14-6-4-12-46(54)44-56(58)68-33-9-2-10-34-68/h3-6,11-26,55-58,63-64H,1-2,7-10,27-44H2,(H2,61,65,69)(H2,62,66,70)/t55-,56?,57-,58-/m0/s1. The molecule has 5 aromatic rings. The number of piperidine rings is 2. The molecule has 2 heterocycles. The molecule has 82 heavy (non-hydrogen) atoms. The fourth-order valence-corrected chi connectivity index (χ4v) is 13.0. The average molecular weight is 1170 g/mol. The van der Waals surface area contributed by atoms with Crippen molar-refractivity contribution in [3.05, 3.63) is 144 Å². The summed E-state index contributed by atoms with van der Waals surface area (Å²) in [6.07, 6.45) is 8.95. The third-order valence-electron chi connectivity index (χ3n) is 15.1. The van der Waals surface area contributed by atoms with Crippen molar-refractivity contribution in [1.29, 1.82) is 0 Å². The molecule has 2 aliphatic carbocycles. The summed E-state index contributed by atoms with van der Waals surface area (Å²) in [5, 5.41) is 10.9. The third kappa shape index (κ3) is 17.4. The van der Waals surface area contributed by atoms with Crippen LogP contribution >= 0.6 is 0 Å². The van der Waals surface area contributed by atoms with Gasteiger partial charge in [0.1, 0.15) is 23.7 Å². The average Bonchev–Trinajstić information content (AvgIpc) is 4.26. The van der Waals surface area contributed by atoms with Gasteiger partial charge < -0.3 is 49.7 Å². The highest BCUT2D eigenvalue weighted by Crippen LogP contribution is 2.41. The number of urea groups is 2. The van der Waals surface area contributed by atoms with Crippen molar-refractivity contribution in [2.45, 2.75) is 85.4 Å². The number of amides is 4. The number of nitrogens with one attached hydrogen (secondary N) is 6. The minimum atomic E-state index is -3.76. The first-order valence-electron chi connectivity index (χ1n) is 28.7. The van der Waals surface area contributed by atoms with E-state index < -0.39 is 32.1 Å². The van der Waals surface area contributed by atoms with Crippen molar-refractivity contribution < 1.29 is 54.8 Å². The number of rotatable bonds is 30. The van der Waals surface area contributed by atoms with Gasteiger partial charge in [-0.25, -0.2) is 35.9 Å². The van der Waals surface area contributed by atoms with E-state index in [0.717, 1.165) is 39.0 Å². The molecule has 20 nitrogen and oxygen atoms in total. The van der Waals surface area contributed by atoms with Gasteiger partial charge in [-0.15, -0.1) is 0 Å². The summed E-state index contributed by atoms with van der Waals surface area (Å²) in [4.78, 5) is 30.2. The molecule has 22 heteroatoms. The van der Waals surface area contributed by atoms with Crippen LogP contribution in [0, 0.1) is 0 Å². The molecule has 0 saturated carbocycles. The van der Waals surface area contributed by atoms with Crippen molar-refractivity contribution in [2.24, 2.45) is 0 Å². The van der Waals surface area contributed by atoms with Gasteiger partial charge in [-0.2, -0.15) is 0 Å². The number of sulfonamides is 2. The van der Waals surface area contributed by atoms with E-state index in [1.807, 2.05) is 12.1 Å². The van der Waals surface area contributed by atoms with E-state index in [0.29, 0.717) is 22.9 Å². The van der Waals surface area contributed by atoms with Gasteiger partial charge in [0.05, 0.1) is 74.7 Å². The lowest BCUT2D eigenvalue weighted by atomic mass is 10.0. The Kier molecular flexibility index (Phi) is 22.4. The Balaban J connectivity index is 0.555. The molecule has 9 rings (SSSR count). The predicted molar refractivity (Wildman–Crippen MR) is 312 cm³/mol. The SMILES string of the molecule is O=C(NCCOCCOCCNS(=O)(=O)c1ccc(O[C@H]2c3ccccc3CC2N2CCCCC2)cc1)Nc1ccc(NC(=O)NCCOCCOCCNS(=O)(=O)c2ccc(O[C@H]3c4ccccc4C[C@@H]3N3CCCCC3)cc2)cc1. The Morgan fingerprint density at radius 3 is 1.16 bits per heavy atom.